The first-order valence-corrected chi connectivity index (χ1v) is 8.38. The lowest BCUT2D eigenvalue weighted by molar-refractivity contribution is -0.384. The van der Waals surface area contributed by atoms with Crippen LogP contribution in [0.25, 0.3) is 10.9 Å². The van der Waals surface area contributed by atoms with Crippen LogP contribution in [-0.4, -0.2) is 20.4 Å². The first-order chi connectivity index (χ1) is 12.8. The van der Waals surface area contributed by atoms with E-state index in [4.69, 9.17) is 0 Å². The molecule has 0 saturated carbocycles. The number of amides is 1. The second kappa shape index (κ2) is 7.36. The average molecular weight is 366 g/mol. The van der Waals surface area contributed by atoms with Crippen LogP contribution in [0.5, 0.6) is 0 Å². The smallest absolute Gasteiger partial charge is 0.270 e. The van der Waals surface area contributed by atoms with Crippen LogP contribution in [0, 0.1) is 10.1 Å². The number of non-ortho nitro benzene ring substituents is 1. The molecule has 0 aliphatic carbocycles. The molecule has 0 unspecified atom stereocenters. The molecule has 0 atom stereocenters. The lowest BCUT2D eigenvalue weighted by Gasteiger charge is -2.10. The third-order valence-electron chi connectivity index (χ3n) is 4.19. The number of nitro groups is 1. The van der Waals surface area contributed by atoms with Crippen molar-refractivity contribution in [2.45, 2.75) is 26.3 Å². The quantitative estimate of drug-likeness (QED) is 0.551. The molecule has 27 heavy (non-hydrogen) atoms. The fourth-order valence-electron chi connectivity index (χ4n) is 2.68. The van der Waals surface area contributed by atoms with E-state index in [0.29, 0.717) is 17.1 Å². The molecule has 1 heterocycles. The Bertz CT molecular complexity index is 1070. The average Bonchev–Trinajstić information content (AvgIpc) is 2.64. The van der Waals surface area contributed by atoms with Gasteiger partial charge in [0.25, 0.3) is 11.2 Å². The second-order valence-corrected chi connectivity index (χ2v) is 6.46. The summed E-state index contributed by atoms with van der Waals surface area (Å²) in [5.74, 6) is 0.00189. The molecule has 3 rings (SSSR count). The highest BCUT2D eigenvalue weighted by Crippen LogP contribution is 2.18. The number of carbonyl (C=O) groups excluding carboxylic acids is 1. The summed E-state index contributed by atoms with van der Waals surface area (Å²) in [6.07, 6.45) is 1.26. The molecule has 3 aromatic rings. The Morgan fingerprint density at radius 3 is 2.56 bits per heavy atom. The number of rotatable bonds is 5. The molecule has 0 radical (unpaired) electrons. The van der Waals surface area contributed by atoms with E-state index in [9.17, 15) is 19.7 Å². The van der Waals surface area contributed by atoms with E-state index in [-0.39, 0.29) is 23.5 Å². The van der Waals surface area contributed by atoms with Gasteiger partial charge in [-0.15, -0.1) is 0 Å². The van der Waals surface area contributed by atoms with Crippen molar-refractivity contribution in [2.24, 2.45) is 0 Å². The largest absolute Gasteiger partial charge is 0.325 e. The van der Waals surface area contributed by atoms with Crippen LogP contribution >= 0.6 is 0 Å². The zero-order valence-electron chi connectivity index (χ0n) is 14.9. The van der Waals surface area contributed by atoms with E-state index < -0.39 is 10.5 Å². The molecule has 2 aromatic carbocycles. The summed E-state index contributed by atoms with van der Waals surface area (Å²) in [6, 6.07) is 11.3. The summed E-state index contributed by atoms with van der Waals surface area (Å²) >= 11 is 0. The highest BCUT2D eigenvalue weighted by molar-refractivity contribution is 5.90. The molecule has 0 fully saturated rings. The van der Waals surface area contributed by atoms with Crippen LogP contribution in [0.4, 0.5) is 11.4 Å². The Labute approximate surface area is 154 Å². The van der Waals surface area contributed by atoms with E-state index in [0.717, 1.165) is 10.1 Å². The third kappa shape index (κ3) is 4.00. The van der Waals surface area contributed by atoms with Gasteiger partial charge >= 0.3 is 0 Å². The highest BCUT2D eigenvalue weighted by Gasteiger charge is 2.12. The number of nitrogens with zero attached hydrogens (tertiary/aromatic N) is 3. The van der Waals surface area contributed by atoms with Gasteiger partial charge in [-0.2, -0.15) is 0 Å². The molecule has 0 saturated heterocycles. The van der Waals surface area contributed by atoms with Crippen molar-refractivity contribution in [1.82, 2.24) is 9.55 Å². The number of aromatic nitrogens is 2. The summed E-state index contributed by atoms with van der Waals surface area (Å²) in [5.41, 5.74) is 1.42. The maximum atomic E-state index is 12.5. The van der Waals surface area contributed by atoms with E-state index in [2.05, 4.69) is 24.1 Å². The normalized spacial score (nSPS) is 10.9. The summed E-state index contributed by atoms with van der Waals surface area (Å²) in [4.78, 5) is 39.2. The summed E-state index contributed by atoms with van der Waals surface area (Å²) < 4.78 is 1.13. The minimum Gasteiger partial charge on any atom is -0.325 e. The number of fused-ring (bicyclic) bond motifs is 1. The van der Waals surface area contributed by atoms with Crippen molar-refractivity contribution in [3.63, 3.8) is 0 Å². The fourth-order valence-corrected chi connectivity index (χ4v) is 2.68. The Hall–Kier alpha value is -3.55. The number of hydrogen-bond donors (Lipinski definition) is 1. The van der Waals surface area contributed by atoms with Crippen molar-refractivity contribution in [3.8, 4) is 0 Å². The van der Waals surface area contributed by atoms with Crippen molar-refractivity contribution >= 4 is 28.2 Å². The van der Waals surface area contributed by atoms with Crippen LogP contribution in [0.15, 0.2) is 53.6 Å². The summed E-state index contributed by atoms with van der Waals surface area (Å²) in [7, 11) is 0. The van der Waals surface area contributed by atoms with Crippen LogP contribution < -0.4 is 10.9 Å². The molecule has 0 aliphatic rings. The van der Waals surface area contributed by atoms with Gasteiger partial charge in [0.05, 0.1) is 22.2 Å². The molecule has 0 aliphatic heterocycles. The van der Waals surface area contributed by atoms with Gasteiger partial charge in [0.15, 0.2) is 0 Å². The Morgan fingerprint density at radius 2 is 1.93 bits per heavy atom. The van der Waals surface area contributed by atoms with Gasteiger partial charge in [-0.05, 0) is 29.7 Å². The van der Waals surface area contributed by atoms with Crippen LogP contribution in [0.1, 0.15) is 25.3 Å². The van der Waals surface area contributed by atoms with E-state index in [1.807, 2.05) is 12.1 Å². The first kappa shape index (κ1) is 18.2. The first-order valence-electron chi connectivity index (χ1n) is 8.38. The molecule has 1 aromatic heterocycles. The van der Waals surface area contributed by atoms with Crippen LogP contribution in [0.2, 0.25) is 0 Å². The third-order valence-corrected chi connectivity index (χ3v) is 4.19. The Morgan fingerprint density at radius 1 is 1.22 bits per heavy atom. The second-order valence-electron chi connectivity index (χ2n) is 6.46. The zero-order valence-corrected chi connectivity index (χ0v) is 14.9. The van der Waals surface area contributed by atoms with Crippen molar-refractivity contribution < 1.29 is 9.72 Å². The van der Waals surface area contributed by atoms with Gasteiger partial charge in [0, 0.05) is 17.8 Å². The predicted octanol–water partition coefficient (Wildman–Crippen LogP) is 3.07. The zero-order chi connectivity index (χ0) is 19.6. The van der Waals surface area contributed by atoms with Gasteiger partial charge in [-0.1, -0.05) is 26.0 Å². The predicted molar refractivity (Wildman–Crippen MR) is 102 cm³/mol. The van der Waals surface area contributed by atoms with Gasteiger partial charge in [0.1, 0.15) is 6.54 Å². The minimum atomic E-state index is -0.580. The minimum absolute atomic E-state index is 0.0980. The molecule has 8 nitrogen and oxygen atoms in total. The maximum absolute atomic E-state index is 12.5. The van der Waals surface area contributed by atoms with Gasteiger partial charge in [-0.25, -0.2) is 4.98 Å². The Kier molecular flexibility index (Phi) is 4.98. The molecule has 138 valence electrons. The lowest BCUT2D eigenvalue weighted by atomic mass is 10.0. The molecule has 1 N–H and O–H groups in total. The standard InChI is InChI=1S/C19H18N4O4/c1-12(2)13-3-5-14(6-4-13)21-18(24)10-22-11-20-17-8-7-15(23(26)27)9-16(17)19(22)25/h3-9,11-12H,10H2,1-2H3,(H,21,24). The summed E-state index contributed by atoms with van der Waals surface area (Å²) in [6.45, 7) is 3.92. The number of anilines is 1. The topological polar surface area (TPSA) is 107 Å². The molecular formula is C19H18N4O4. The highest BCUT2D eigenvalue weighted by atomic mass is 16.6. The van der Waals surface area contributed by atoms with Crippen LogP contribution in [-0.2, 0) is 11.3 Å². The van der Waals surface area contributed by atoms with E-state index in [1.165, 1.54) is 24.5 Å². The number of hydrogen-bond acceptors (Lipinski definition) is 5. The lowest BCUT2D eigenvalue weighted by Crippen LogP contribution is -2.28. The van der Waals surface area contributed by atoms with Crippen LogP contribution in [0.3, 0.4) is 0 Å². The number of benzene rings is 2. The van der Waals surface area contributed by atoms with Gasteiger partial charge in [-0.3, -0.25) is 24.3 Å². The molecular weight excluding hydrogens is 348 g/mol. The van der Waals surface area contributed by atoms with Crippen molar-refractivity contribution in [1.29, 1.82) is 0 Å². The van der Waals surface area contributed by atoms with E-state index >= 15 is 0 Å². The van der Waals surface area contributed by atoms with Gasteiger partial charge in [0.2, 0.25) is 5.91 Å². The SMILES string of the molecule is CC(C)c1ccc(NC(=O)Cn2cnc3ccc([N+](=O)[O-])cc3c2=O)cc1. The van der Waals surface area contributed by atoms with Crippen molar-refractivity contribution in [2.75, 3.05) is 5.32 Å². The fraction of sp³-hybridized carbons (Fsp3) is 0.211. The molecule has 0 spiro atoms. The molecule has 0 bridgehead atoms. The van der Waals surface area contributed by atoms with E-state index in [1.54, 1.807) is 12.1 Å². The maximum Gasteiger partial charge on any atom is 0.270 e. The number of nitrogens with one attached hydrogen (secondary N) is 1. The number of carbonyl (C=O) groups is 1. The Balaban J connectivity index is 1.81. The van der Waals surface area contributed by atoms with Crippen molar-refractivity contribution in [3.05, 3.63) is 74.8 Å². The molecule has 8 heteroatoms. The molecule has 1 amide bonds. The number of nitro benzene ring substituents is 1. The summed E-state index contributed by atoms with van der Waals surface area (Å²) in [5, 5.41) is 13.7. The monoisotopic (exact) mass is 366 g/mol. The van der Waals surface area contributed by atoms with Gasteiger partial charge < -0.3 is 5.32 Å².